The van der Waals surface area contributed by atoms with Crippen molar-refractivity contribution >= 4 is 16.0 Å². The van der Waals surface area contributed by atoms with Crippen molar-refractivity contribution in [3.05, 3.63) is 18.1 Å². The Labute approximate surface area is 155 Å². The molecule has 8 nitrogen and oxygen atoms in total. The SMILES string of the molecule is CC(C)c1cc(N2CC3CN(S(=O)(=O)N4CCOCC4)CC3C2)ncn1. The molecule has 2 unspecified atom stereocenters. The van der Waals surface area contributed by atoms with E-state index >= 15 is 0 Å². The zero-order chi connectivity index (χ0) is 18.3. The third kappa shape index (κ3) is 3.33. The summed E-state index contributed by atoms with van der Waals surface area (Å²) >= 11 is 0. The summed E-state index contributed by atoms with van der Waals surface area (Å²) in [5, 5.41) is 0. The number of nitrogens with zero attached hydrogens (tertiary/aromatic N) is 5. The Balaban J connectivity index is 1.42. The van der Waals surface area contributed by atoms with Crippen LogP contribution in [0.1, 0.15) is 25.5 Å². The minimum absolute atomic E-state index is 0.364. The van der Waals surface area contributed by atoms with Crippen LogP contribution < -0.4 is 4.90 Å². The fraction of sp³-hybridized carbons (Fsp3) is 0.765. The number of rotatable bonds is 4. The predicted octanol–water partition coefficient (Wildman–Crippen LogP) is 0.545. The summed E-state index contributed by atoms with van der Waals surface area (Å²) in [5.41, 5.74) is 1.04. The zero-order valence-corrected chi connectivity index (χ0v) is 16.2. The van der Waals surface area contributed by atoms with Crippen molar-refractivity contribution in [3.63, 3.8) is 0 Å². The first kappa shape index (κ1) is 18.1. The number of ether oxygens (including phenoxy) is 1. The van der Waals surface area contributed by atoms with Gasteiger partial charge in [0.05, 0.1) is 13.2 Å². The van der Waals surface area contributed by atoms with E-state index in [1.54, 1.807) is 14.9 Å². The van der Waals surface area contributed by atoms with E-state index in [1.165, 1.54) is 0 Å². The Morgan fingerprint density at radius 2 is 1.69 bits per heavy atom. The summed E-state index contributed by atoms with van der Waals surface area (Å²) in [6, 6.07) is 2.06. The normalized spacial score (nSPS) is 28.0. The van der Waals surface area contributed by atoms with Crippen LogP contribution in [-0.4, -0.2) is 79.5 Å². The Hall–Kier alpha value is -1.29. The predicted molar refractivity (Wildman–Crippen MR) is 98.2 cm³/mol. The first-order valence-electron chi connectivity index (χ1n) is 9.35. The molecule has 0 radical (unpaired) electrons. The Morgan fingerprint density at radius 1 is 1.04 bits per heavy atom. The average Bonchev–Trinajstić information content (AvgIpc) is 3.22. The van der Waals surface area contributed by atoms with Gasteiger partial charge in [-0.3, -0.25) is 0 Å². The lowest BCUT2D eigenvalue weighted by molar-refractivity contribution is 0.0705. The van der Waals surface area contributed by atoms with Crippen LogP contribution in [0.2, 0.25) is 0 Å². The number of aromatic nitrogens is 2. The van der Waals surface area contributed by atoms with E-state index in [0.717, 1.165) is 24.6 Å². The van der Waals surface area contributed by atoms with Crippen LogP contribution in [0.5, 0.6) is 0 Å². The molecule has 26 heavy (non-hydrogen) atoms. The maximum Gasteiger partial charge on any atom is 0.282 e. The first-order chi connectivity index (χ1) is 12.4. The second kappa shape index (κ2) is 7.03. The van der Waals surface area contributed by atoms with Gasteiger partial charge in [0.25, 0.3) is 10.2 Å². The van der Waals surface area contributed by atoms with Gasteiger partial charge in [0.2, 0.25) is 0 Å². The van der Waals surface area contributed by atoms with Crippen LogP contribution in [0.4, 0.5) is 5.82 Å². The molecule has 1 aromatic rings. The summed E-state index contributed by atoms with van der Waals surface area (Å²) in [5.74, 6) is 2.06. The molecule has 9 heteroatoms. The fourth-order valence-corrected chi connectivity index (χ4v) is 5.81. The highest BCUT2D eigenvalue weighted by Crippen LogP contribution is 2.35. The molecule has 4 heterocycles. The van der Waals surface area contributed by atoms with Gasteiger partial charge >= 0.3 is 0 Å². The third-order valence-corrected chi connectivity index (χ3v) is 7.63. The highest BCUT2D eigenvalue weighted by molar-refractivity contribution is 7.86. The van der Waals surface area contributed by atoms with Gasteiger partial charge in [-0.15, -0.1) is 0 Å². The maximum absolute atomic E-state index is 12.9. The Morgan fingerprint density at radius 3 is 2.31 bits per heavy atom. The molecule has 1 aromatic heterocycles. The second-order valence-electron chi connectivity index (χ2n) is 7.72. The van der Waals surface area contributed by atoms with E-state index < -0.39 is 10.2 Å². The van der Waals surface area contributed by atoms with Crippen LogP contribution in [-0.2, 0) is 14.9 Å². The van der Waals surface area contributed by atoms with Crippen molar-refractivity contribution in [2.75, 3.05) is 57.4 Å². The highest BCUT2D eigenvalue weighted by atomic mass is 32.2. The summed E-state index contributed by atoms with van der Waals surface area (Å²) < 4.78 is 34.2. The number of morpholine rings is 1. The summed E-state index contributed by atoms with van der Waals surface area (Å²) in [6.45, 7) is 9.05. The fourth-order valence-electron chi connectivity index (χ4n) is 4.12. The smallest absolute Gasteiger partial charge is 0.282 e. The van der Waals surface area contributed by atoms with Gasteiger partial charge in [0, 0.05) is 51.0 Å². The summed E-state index contributed by atoms with van der Waals surface area (Å²) in [7, 11) is -3.36. The van der Waals surface area contributed by atoms with Crippen LogP contribution in [0.3, 0.4) is 0 Å². The molecule has 4 rings (SSSR count). The molecular formula is C17H27N5O3S. The van der Waals surface area contributed by atoms with Crippen molar-refractivity contribution in [2.45, 2.75) is 19.8 Å². The average molecular weight is 382 g/mol. The van der Waals surface area contributed by atoms with E-state index in [2.05, 4.69) is 34.8 Å². The van der Waals surface area contributed by atoms with Gasteiger partial charge in [-0.05, 0) is 17.8 Å². The molecule has 0 aliphatic carbocycles. The van der Waals surface area contributed by atoms with Gasteiger partial charge in [0.1, 0.15) is 12.1 Å². The van der Waals surface area contributed by atoms with E-state index in [4.69, 9.17) is 4.74 Å². The van der Waals surface area contributed by atoms with Crippen molar-refractivity contribution in [1.29, 1.82) is 0 Å². The molecule has 144 valence electrons. The maximum atomic E-state index is 12.9. The second-order valence-corrected chi connectivity index (χ2v) is 9.65. The topological polar surface area (TPSA) is 78.9 Å². The van der Waals surface area contributed by atoms with Crippen molar-refractivity contribution in [1.82, 2.24) is 18.6 Å². The van der Waals surface area contributed by atoms with E-state index in [9.17, 15) is 8.42 Å². The quantitative estimate of drug-likeness (QED) is 0.758. The molecular weight excluding hydrogens is 354 g/mol. The molecule has 3 saturated heterocycles. The Bertz CT molecular complexity index is 737. The summed E-state index contributed by atoms with van der Waals surface area (Å²) in [6.07, 6.45) is 1.63. The molecule has 3 fully saturated rings. The molecule has 0 saturated carbocycles. The molecule has 3 aliphatic rings. The number of anilines is 1. The van der Waals surface area contributed by atoms with Crippen LogP contribution >= 0.6 is 0 Å². The van der Waals surface area contributed by atoms with Crippen LogP contribution in [0.25, 0.3) is 0 Å². The largest absolute Gasteiger partial charge is 0.379 e. The van der Waals surface area contributed by atoms with E-state index in [1.807, 2.05) is 0 Å². The monoisotopic (exact) mass is 381 g/mol. The molecule has 2 atom stereocenters. The highest BCUT2D eigenvalue weighted by Gasteiger charge is 2.45. The minimum atomic E-state index is -3.36. The number of hydrogen-bond acceptors (Lipinski definition) is 6. The lowest BCUT2D eigenvalue weighted by atomic mass is 10.0. The molecule has 0 N–H and O–H groups in total. The molecule has 0 aromatic carbocycles. The zero-order valence-electron chi connectivity index (χ0n) is 15.4. The van der Waals surface area contributed by atoms with Crippen molar-refractivity contribution in [3.8, 4) is 0 Å². The van der Waals surface area contributed by atoms with Crippen LogP contribution in [0.15, 0.2) is 12.4 Å². The molecule has 0 spiro atoms. The lowest BCUT2D eigenvalue weighted by Crippen LogP contribution is -2.48. The van der Waals surface area contributed by atoms with Gasteiger partial charge in [0.15, 0.2) is 0 Å². The van der Waals surface area contributed by atoms with Crippen molar-refractivity contribution < 1.29 is 13.2 Å². The number of hydrogen-bond donors (Lipinski definition) is 0. The lowest BCUT2D eigenvalue weighted by Gasteiger charge is -2.31. The van der Waals surface area contributed by atoms with Gasteiger partial charge in [-0.2, -0.15) is 17.0 Å². The van der Waals surface area contributed by atoms with Crippen molar-refractivity contribution in [2.24, 2.45) is 11.8 Å². The van der Waals surface area contributed by atoms with Crippen LogP contribution in [0, 0.1) is 11.8 Å². The molecule has 0 bridgehead atoms. The first-order valence-corrected chi connectivity index (χ1v) is 10.7. The standard InChI is InChI=1S/C17H27N5O3S/c1-13(2)16-7-17(19-12-18-16)20-8-14-10-22(11-15(14)9-20)26(23,24)21-3-5-25-6-4-21/h7,12-15H,3-6,8-11H2,1-2H3. The molecule has 0 amide bonds. The van der Waals surface area contributed by atoms with E-state index in [-0.39, 0.29) is 0 Å². The van der Waals surface area contributed by atoms with Gasteiger partial charge < -0.3 is 9.64 Å². The minimum Gasteiger partial charge on any atom is -0.379 e. The molecule has 3 aliphatic heterocycles. The number of fused-ring (bicyclic) bond motifs is 1. The van der Waals surface area contributed by atoms with E-state index in [0.29, 0.717) is 57.1 Å². The van der Waals surface area contributed by atoms with Gasteiger partial charge in [-0.25, -0.2) is 9.97 Å². The summed E-state index contributed by atoms with van der Waals surface area (Å²) in [4.78, 5) is 11.1. The third-order valence-electron chi connectivity index (χ3n) is 5.66. The van der Waals surface area contributed by atoms with Gasteiger partial charge in [-0.1, -0.05) is 13.8 Å². The Kier molecular flexibility index (Phi) is 4.89.